The minimum atomic E-state index is -0.535. The van der Waals surface area contributed by atoms with Gasteiger partial charge in [0.2, 0.25) is 0 Å². The highest BCUT2D eigenvalue weighted by Crippen LogP contribution is 2.43. The first-order valence-corrected chi connectivity index (χ1v) is 5.18. The van der Waals surface area contributed by atoms with Gasteiger partial charge in [-0.1, -0.05) is 30.7 Å². The highest BCUT2D eigenvalue weighted by atomic mass is 16.5. The maximum Gasteiger partial charge on any atom is 0.124 e. The van der Waals surface area contributed by atoms with Crippen molar-refractivity contribution in [1.82, 2.24) is 0 Å². The van der Waals surface area contributed by atoms with Crippen LogP contribution in [0.25, 0.3) is 0 Å². The van der Waals surface area contributed by atoms with Gasteiger partial charge in [0.1, 0.15) is 16.9 Å². The molecule has 1 saturated heterocycles. The van der Waals surface area contributed by atoms with Crippen LogP contribution in [-0.4, -0.2) is 13.7 Å². The number of allylic oxidation sites excluding steroid dienone is 1. The summed E-state index contributed by atoms with van der Waals surface area (Å²) in [6, 6.07) is 7.74. The zero-order valence-electron chi connectivity index (χ0n) is 9.32. The summed E-state index contributed by atoms with van der Waals surface area (Å²) in [5.74, 6) is 4.24. The third kappa shape index (κ3) is 1.37. The van der Waals surface area contributed by atoms with Gasteiger partial charge in [-0.3, -0.25) is 0 Å². The molecule has 82 valence electrons. The Balaban J connectivity index is 2.57. The maximum atomic E-state index is 5.67. The lowest BCUT2D eigenvalue weighted by molar-refractivity contribution is 0.260. The largest absolute Gasteiger partial charge is 0.496 e. The van der Waals surface area contributed by atoms with Crippen molar-refractivity contribution in [2.24, 2.45) is 0 Å². The fourth-order valence-electron chi connectivity index (χ4n) is 2.10. The molecule has 0 bridgehead atoms. The molecule has 1 aromatic rings. The lowest BCUT2D eigenvalue weighted by Crippen LogP contribution is -2.22. The molecule has 0 spiro atoms. The highest BCUT2D eigenvalue weighted by Gasteiger charge is 2.41. The summed E-state index contributed by atoms with van der Waals surface area (Å²) in [5, 5.41) is 0. The fraction of sp³-hybridized carbons (Fsp3) is 0.286. The molecule has 2 heteroatoms. The summed E-state index contributed by atoms with van der Waals surface area (Å²) in [7, 11) is 1.64. The molecule has 1 aromatic carbocycles. The van der Waals surface area contributed by atoms with E-state index in [1.807, 2.05) is 24.3 Å². The average Bonchev–Trinajstić information content (AvgIpc) is 2.71. The minimum absolute atomic E-state index is 0.535. The fourth-order valence-corrected chi connectivity index (χ4v) is 2.10. The van der Waals surface area contributed by atoms with E-state index in [2.05, 4.69) is 12.5 Å². The molecule has 2 rings (SSSR count). The van der Waals surface area contributed by atoms with Crippen molar-refractivity contribution in [3.8, 4) is 18.1 Å². The molecule has 0 aromatic heterocycles. The molecule has 16 heavy (non-hydrogen) atoms. The van der Waals surface area contributed by atoms with Crippen LogP contribution in [0.15, 0.2) is 36.6 Å². The molecule has 0 aliphatic carbocycles. The van der Waals surface area contributed by atoms with Crippen LogP contribution < -0.4 is 4.74 Å². The van der Waals surface area contributed by atoms with Gasteiger partial charge in [0, 0.05) is 12.0 Å². The molecule has 1 aliphatic heterocycles. The molecule has 1 fully saturated rings. The van der Waals surface area contributed by atoms with Gasteiger partial charge >= 0.3 is 0 Å². The lowest BCUT2D eigenvalue weighted by Gasteiger charge is -2.24. The van der Waals surface area contributed by atoms with Crippen LogP contribution in [0.3, 0.4) is 0 Å². The van der Waals surface area contributed by atoms with Crippen LogP contribution in [0.5, 0.6) is 5.75 Å². The molecule has 0 N–H and O–H groups in total. The van der Waals surface area contributed by atoms with E-state index in [-0.39, 0.29) is 0 Å². The van der Waals surface area contributed by atoms with Gasteiger partial charge in [-0.05, 0) is 6.07 Å². The second-order valence-corrected chi connectivity index (χ2v) is 3.77. The quantitative estimate of drug-likeness (QED) is 0.704. The van der Waals surface area contributed by atoms with E-state index in [1.165, 1.54) is 0 Å². The van der Waals surface area contributed by atoms with Crippen molar-refractivity contribution >= 4 is 0 Å². The normalized spacial score (nSPS) is 23.6. The highest BCUT2D eigenvalue weighted by molar-refractivity contribution is 5.51. The first-order chi connectivity index (χ1) is 7.74. The van der Waals surface area contributed by atoms with Gasteiger partial charge in [-0.25, -0.2) is 0 Å². The predicted octanol–water partition coefficient (Wildman–Crippen LogP) is 2.50. The van der Waals surface area contributed by atoms with Crippen molar-refractivity contribution in [3.05, 3.63) is 42.2 Å². The number of methoxy groups -OCH3 is 1. The van der Waals surface area contributed by atoms with Crippen molar-refractivity contribution < 1.29 is 9.47 Å². The van der Waals surface area contributed by atoms with Crippen molar-refractivity contribution in [2.75, 3.05) is 13.7 Å². The standard InChI is InChI=1S/C14H14O2/c1-4-14(9-10-16-11(14)2)12-7-5-6-8-13(12)15-3/h1,5-8H,2,9-10H2,3H3. The number of terminal acetylenes is 1. The molecule has 1 heterocycles. The molecule has 2 nitrogen and oxygen atoms in total. The number of ether oxygens (including phenoxy) is 2. The molecule has 0 radical (unpaired) electrons. The maximum absolute atomic E-state index is 5.67. The second kappa shape index (κ2) is 3.94. The Morgan fingerprint density at radius 1 is 1.50 bits per heavy atom. The molecule has 1 unspecified atom stereocenters. The lowest BCUT2D eigenvalue weighted by atomic mass is 9.78. The summed E-state index contributed by atoms with van der Waals surface area (Å²) in [6.45, 7) is 4.52. The molecule has 1 atom stereocenters. The molecule has 1 aliphatic rings. The van der Waals surface area contributed by atoms with Crippen LogP contribution >= 0.6 is 0 Å². The second-order valence-electron chi connectivity index (χ2n) is 3.77. The first kappa shape index (κ1) is 10.6. The Morgan fingerprint density at radius 2 is 2.25 bits per heavy atom. The smallest absolute Gasteiger partial charge is 0.124 e. The van der Waals surface area contributed by atoms with Crippen LogP contribution in [0.1, 0.15) is 12.0 Å². The monoisotopic (exact) mass is 214 g/mol. The van der Waals surface area contributed by atoms with E-state index in [0.29, 0.717) is 12.4 Å². The topological polar surface area (TPSA) is 18.5 Å². The Morgan fingerprint density at radius 3 is 2.81 bits per heavy atom. The molecule has 0 saturated carbocycles. The number of hydrogen-bond acceptors (Lipinski definition) is 2. The summed E-state index contributed by atoms with van der Waals surface area (Å²) < 4.78 is 10.8. The van der Waals surface area contributed by atoms with E-state index in [0.717, 1.165) is 17.7 Å². The number of rotatable bonds is 2. The Bertz CT molecular complexity index is 456. The number of hydrogen-bond donors (Lipinski definition) is 0. The van der Waals surface area contributed by atoms with E-state index in [9.17, 15) is 0 Å². The van der Waals surface area contributed by atoms with Gasteiger partial charge in [0.05, 0.1) is 13.7 Å². The predicted molar refractivity (Wildman–Crippen MR) is 63.2 cm³/mol. The van der Waals surface area contributed by atoms with Crippen LogP contribution in [-0.2, 0) is 10.2 Å². The van der Waals surface area contributed by atoms with E-state index >= 15 is 0 Å². The van der Waals surface area contributed by atoms with Crippen molar-refractivity contribution in [2.45, 2.75) is 11.8 Å². The Labute approximate surface area is 95.9 Å². The number of para-hydroxylation sites is 1. The van der Waals surface area contributed by atoms with Gasteiger partial charge in [0.25, 0.3) is 0 Å². The average molecular weight is 214 g/mol. The zero-order valence-corrected chi connectivity index (χ0v) is 9.32. The molecule has 0 amide bonds. The van der Waals surface area contributed by atoms with Crippen LogP contribution in [0.2, 0.25) is 0 Å². The minimum Gasteiger partial charge on any atom is -0.496 e. The molecular weight excluding hydrogens is 200 g/mol. The van der Waals surface area contributed by atoms with Crippen LogP contribution in [0.4, 0.5) is 0 Å². The summed E-state index contributed by atoms with van der Waals surface area (Å²) in [6.07, 6.45) is 6.42. The van der Waals surface area contributed by atoms with E-state index in [1.54, 1.807) is 7.11 Å². The number of benzene rings is 1. The van der Waals surface area contributed by atoms with Crippen molar-refractivity contribution in [3.63, 3.8) is 0 Å². The summed E-state index contributed by atoms with van der Waals surface area (Å²) in [5.41, 5.74) is 0.426. The van der Waals surface area contributed by atoms with Crippen molar-refractivity contribution in [1.29, 1.82) is 0 Å². The van der Waals surface area contributed by atoms with Gasteiger partial charge in [0.15, 0.2) is 0 Å². The Kier molecular flexibility index (Phi) is 2.62. The summed E-state index contributed by atoms with van der Waals surface area (Å²) in [4.78, 5) is 0. The summed E-state index contributed by atoms with van der Waals surface area (Å²) >= 11 is 0. The molecular formula is C14H14O2. The van der Waals surface area contributed by atoms with E-state index in [4.69, 9.17) is 15.9 Å². The van der Waals surface area contributed by atoms with Gasteiger partial charge < -0.3 is 9.47 Å². The third-order valence-electron chi connectivity index (χ3n) is 3.04. The van der Waals surface area contributed by atoms with Gasteiger partial charge in [-0.15, -0.1) is 6.42 Å². The zero-order chi connectivity index (χ0) is 11.6. The third-order valence-corrected chi connectivity index (χ3v) is 3.04. The van der Waals surface area contributed by atoms with Crippen LogP contribution in [0, 0.1) is 12.3 Å². The SMILES string of the molecule is C#CC1(c2ccccc2OC)CCOC1=C. The Hall–Kier alpha value is -1.88. The van der Waals surface area contributed by atoms with E-state index < -0.39 is 5.41 Å². The van der Waals surface area contributed by atoms with Gasteiger partial charge in [-0.2, -0.15) is 0 Å². The first-order valence-electron chi connectivity index (χ1n) is 5.18.